The topological polar surface area (TPSA) is 29.6 Å². The predicted molar refractivity (Wildman–Crippen MR) is 50.1 cm³/mol. The molecule has 0 aliphatic carbocycles. The highest BCUT2D eigenvalue weighted by molar-refractivity contribution is 5.63. The van der Waals surface area contributed by atoms with E-state index >= 15 is 0 Å². The van der Waals surface area contributed by atoms with Gasteiger partial charge in [-0.15, -0.1) is 0 Å². The lowest BCUT2D eigenvalue weighted by Crippen LogP contribution is -1.83. The largest absolute Gasteiger partial charge is 0.373 e. The van der Waals surface area contributed by atoms with Gasteiger partial charge in [0.2, 0.25) is 0 Å². The lowest BCUT2D eigenvalue weighted by atomic mass is 10.2. The molecule has 0 bridgehead atoms. The minimum absolute atomic E-state index is 0.639. The van der Waals surface area contributed by atoms with Crippen LogP contribution in [0.25, 0.3) is 0 Å². The number of unbranched alkanes of at least 4 members (excludes halogenated alkanes) is 2. The molecule has 0 aromatic heterocycles. The molecule has 0 spiro atoms. The van der Waals surface area contributed by atoms with E-state index in [-0.39, 0.29) is 0 Å². The molecule has 0 aromatic rings. The van der Waals surface area contributed by atoms with Gasteiger partial charge < -0.3 is 4.74 Å². The predicted octanol–water partition coefficient (Wildman–Crippen LogP) is 2.34. The summed E-state index contributed by atoms with van der Waals surface area (Å²) in [7, 11) is 0. The van der Waals surface area contributed by atoms with E-state index < -0.39 is 0 Å². The first kappa shape index (κ1) is 11.4. The highest BCUT2D eigenvalue weighted by Crippen LogP contribution is 2.16. The van der Waals surface area contributed by atoms with Crippen molar-refractivity contribution in [2.24, 2.45) is 0 Å². The van der Waals surface area contributed by atoms with Crippen LogP contribution in [0, 0.1) is 0 Å². The lowest BCUT2D eigenvalue weighted by molar-refractivity contribution is -0.104. The van der Waals surface area contributed by atoms with Gasteiger partial charge in [-0.1, -0.05) is 32.8 Å². The van der Waals surface area contributed by atoms with Crippen LogP contribution in [0.1, 0.15) is 32.6 Å². The van der Waals surface area contributed by atoms with Gasteiger partial charge in [0.1, 0.15) is 6.29 Å². The average molecular weight is 170 g/mol. The minimum atomic E-state index is 0.639. The fourth-order valence-corrected chi connectivity index (χ4v) is 0.857. The Kier molecular flexibility index (Phi) is 8.02. The lowest BCUT2D eigenvalue weighted by Gasteiger charge is -1.90. The number of hydrogen-bond donors (Lipinski definition) is 0. The Bertz CT molecular complexity index is 111. The molecule has 2 heteroatoms. The van der Waals surface area contributed by atoms with E-state index in [1.165, 1.54) is 31.8 Å². The average Bonchev–Trinajstić information content (AvgIpc) is 2.89. The Morgan fingerprint density at radius 1 is 1.58 bits per heavy atom. The normalized spacial score (nSPS) is 18.9. The van der Waals surface area contributed by atoms with Crippen LogP contribution in [0.2, 0.25) is 0 Å². The van der Waals surface area contributed by atoms with Crippen molar-refractivity contribution in [3.05, 3.63) is 12.7 Å². The van der Waals surface area contributed by atoms with Crippen molar-refractivity contribution in [3.63, 3.8) is 0 Å². The van der Waals surface area contributed by atoms with Gasteiger partial charge in [0, 0.05) is 0 Å². The third-order valence-electron chi connectivity index (χ3n) is 1.63. The molecule has 70 valence electrons. The Morgan fingerprint density at radius 2 is 2.17 bits per heavy atom. The van der Waals surface area contributed by atoms with Crippen molar-refractivity contribution >= 4 is 6.29 Å². The van der Waals surface area contributed by atoms with Crippen LogP contribution in [0.4, 0.5) is 0 Å². The first-order valence-corrected chi connectivity index (χ1v) is 4.53. The van der Waals surface area contributed by atoms with E-state index in [0.717, 1.165) is 6.61 Å². The molecule has 0 radical (unpaired) electrons. The third kappa shape index (κ3) is 9.37. The van der Waals surface area contributed by atoms with Gasteiger partial charge in [-0.3, -0.25) is 4.79 Å². The quantitative estimate of drug-likeness (QED) is 0.274. The second-order valence-electron chi connectivity index (χ2n) is 2.82. The van der Waals surface area contributed by atoms with Gasteiger partial charge in [0.15, 0.2) is 0 Å². The molecule has 1 rings (SSSR count). The van der Waals surface area contributed by atoms with Gasteiger partial charge >= 0.3 is 0 Å². The first-order valence-electron chi connectivity index (χ1n) is 4.53. The van der Waals surface area contributed by atoms with Crippen LogP contribution in [0.3, 0.4) is 0 Å². The van der Waals surface area contributed by atoms with E-state index in [0.29, 0.717) is 12.4 Å². The van der Waals surface area contributed by atoms with Crippen LogP contribution in [-0.4, -0.2) is 19.0 Å². The molecule has 1 atom stereocenters. The van der Waals surface area contributed by atoms with Gasteiger partial charge in [-0.2, -0.15) is 0 Å². The summed E-state index contributed by atoms with van der Waals surface area (Å²) >= 11 is 0. The van der Waals surface area contributed by atoms with Crippen LogP contribution in [-0.2, 0) is 9.53 Å². The fourth-order valence-electron chi connectivity index (χ4n) is 0.857. The summed E-state index contributed by atoms with van der Waals surface area (Å²) in [6.07, 6.45) is 7.85. The summed E-state index contributed by atoms with van der Waals surface area (Å²) in [4.78, 5) is 9.06. The zero-order valence-electron chi connectivity index (χ0n) is 7.79. The molecule has 0 N–H and O–H groups in total. The first-order chi connectivity index (χ1) is 5.85. The highest BCUT2D eigenvalue weighted by Gasteiger charge is 2.20. The second kappa shape index (κ2) is 8.47. The van der Waals surface area contributed by atoms with Crippen LogP contribution in [0.15, 0.2) is 12.7 Å². The van der Waals surface area contributed by atoms with Crippen LogP contribution < -0.4 is 0 Å². The Labute approximate surface area is 74.6 Å². The van der Waals surface area contributed by atoms with Crippen LogP contribution >= 0.6 is 0 Å². The van der Waals surface area contributed by atoms with Crippen molar-refractivity contribution in [3.8, 4) is 0 Å². The van der Waals surface area contributed by atoms with Gasteiger partial charge in [0.25, 0.3) is 0 Å². The van der Waals surface area contributed by atoms with E-state index in [4.69, 9.17) is 9.53 Å². The molecule has 1 fully saturated rings. The molecule has 1 aliphatic rings. The number of ether oxygens (including phenoxy) is 1. The zero-order chi connectivity index (χ0) is 9.23. The molecule has 1 saturated heterocycles. The Hall–Kier alpha value is -0.630. The molecule has 1 aliphatic heterocycles. The highest BCUT2D eigenvalue weighted by atomic mass is 16.6. The summed E-state index contributed by atoms with van der Waals surface area (Å²) in [5.74, 6) is 0. The van der Waals surface area contributed by atoms with E-state index in [1.807, 2.05) is 0 Å². The summed E-state index contributed by atoms with van der Waals surface area (Å²) in [5, 5.41) is 0. The van der Waals surface area contributed by atoms with Crippen LogP contribution in [0.5, 0.6) is 0 Å². The molecule has 1 heterocycles. The van der Waals surface area contributed by atoms with Crippen molar-refractivity contribution in [1.29, 1.82) is 0 Å². The summed E-state index contributed by atoms with van der Waals surface area (Å²) < 4.78 is 5.06. The summed E-state index contributed by atoms with van der Waals surface area (Å²) in [5.41, 5.74) is 0. The zero-order valence-corrected chi connectivity index (χ0v) is 7.79. The molecular formula is C10H18O2. The number of carbonyl (C=O) groups excluding carboxylic acids is 1. The van der Waals surface area contributed by atoms with Gasteiger partial charge in [-0.05, 0) is 12.5 Å². The SMILES string of the molecule is C=CC=O.CCCCCC1CO1. The standard InChI is InChI=1S/C7H14O.C3H4O/c1-2-3-4-5-7-6-8-7;1-2-3-4/h7H,2-6H2,1H3;2-3H,1H2. The van der Waals surface area contributed by atoms with E-state index in [9.17, 15) is 0 Å². The smallest absolute Gasteiger partial charge is 0.142 e. The third-order valence-corrected chi connectivity index (χ3v) is 1.63. The fraction of sp³-hybridized carbons (Fsp3) is 0.700. The molecule has 2 nitrogen and oxygen atoms in total. The van der Waals surface area contributed by atoms with Crippen molar-refractivity contribution in [1.82, 2.24) is 0 Å². The number of aldehydes is 1. The maximum atomic E-state index is 9.06. The Morgan fingerprint density at radius 3 is 2.50 bits per heavy atom. The molecule has 1 unspecified atom stereocenters. The minimum Gasteiger partial charge on any atom is -0.373 e. The Balaban J connectivity index is 0.000000261. The van der Waals surface area contributed by atoms with E-state index in [2.05, 4.69) is 13.5 Å². The number of epoxide rings is 1. The molecular weight excluding hydrogens is 152 g/mol. The number of carbonyl (C=O) groups is 1. The van der Waals surface area contributed by atoms with Crippen molar-refractivity contribution < 1.29 is 9.53 Å². The molecule has 0 saturated carbocycles. The maximum absolute atomic E-state index is 9.06. The number of allylic oxidation sites excluding steroid dienone is 1. The van der Waals surface area contributed by atoms with Gasteiger partial charge in [0.05, 0.1) is 12.7 Å². The molecule has 0 aromatic carbocycles. The van der Waals surface area contributed by atoms with Gasteiger partial charge in [-0.25, -0.2) is 0 Å². The van der Waals surface area contributed by atoms with Crippen molar-refractivity contribution in [2.45, 2.75) is 38.7 Å². The number of rotatable bonds is 5. The maximum Gasteiger partial charge on any atom is 0.142 e. The molecule has 12 heavy (non-hydrogen) atoms. The van der Waals surface area contributed by atoms with E-state index in [1.54, 1.807) is 0 Å². The number of hydrogen-bond acceptors (Lipinski definition) is 2. The summed E-state index contributed by atoms with van der Waals surface area (Å²) in [6.45, 7) is 6.37. The van der Waals surface area contributed by atoms with Crippen molar-refractivity contribution in [2.75, 3.05) is 6.61 Å². The summed E-state index contributed by atoms with van der Waals surface area (Å²) in [6, 6.07) is 0. The molecule has 0 amide bonds. The monoisotopic (exact) mass is 170 g/mol. The second-order valence-corrected chi connectivity index (χ2v) is 2.82.